The summed E-state index contributed by atoms with van der Waals surface area (Å²) in [4.78, 5) is 30.5. The van der Waals surface area contributed by atoms with Crippen LogP contribution in [0, 0.1) is 0 Å². The van der Waals surface area contributed by atoms with E-state index in [9.17, 15) is 22.8 Å². The first-order valence-electron chi connectivity index (χ1n) is 10.7. The normalized spacial score (nSPS) is 15.6. The van der Waals surface area contributed by atoms with Gasteiger partial charge in [0.05, 0.1) is 12.3 Å². The van der Waals surface area contributed by atoms with E-state index in [0.717, 1.165) is 32.1 Å². The summed E-state index contributed by atoms with van der Waals surface area (Å²) in [6, 6.07) is 7.08. The van der Waals surface area contributed by atoms with Gasteiger partial charge in [-0.05, 0) is 49.6 Å². The van der Waals surface area contributed by atoms with Gasteiger partial charge in [-0.25, -0.2) is 0 Å². The van der Waals surface area contributed by atoms with Crippen LogP contribution in [0.3, 0.4) is 0 Å². The molecular formula is C23H26F3N3O3. The molecule has 2 aromatic rings. The molecule has 0 spiro atoms. The Balaban J connectivity index is 2.11. The van der Waals surface area contributed by atoms with E-state index in [1.54, 1.807) is 13.0 Å². The Morgan fingerprint density at radius 1 is 1.12 bits per heavy atom. The minimum atomic E-state index is -5.20. The highest BCUT2D eigenvalue weighted by molar-refractivity contribution is 6.04. The fraction of sp³-hybridized carbons (Fsp3) is 0.435. The number of nitrogens with zero attached hydrogens (tertiary/aromatic N) is 2. The second-order valence-electron chi connectivity index (χ2n) is 7.60. The number of halogens is 3. The Kier molecular flexibility index (Phi) is 7.71. The van der Waals surface area contributed by atoms with Gasteiger partial charge in [0.1, 0.15) is 11.8 Å². The van der Waals surface area contributed by atoms with Gasteiger partial charge in [0.15, 0.2) is 0 Å². The predicted molar refractivity (Wildman–Crippen MR) is 113 cm³/mol. The fourth-order valence-electron chi connectivity index (χ4n) is 3.93. The third-order valence-electron chi connectivity index (χ3n) is 5.37. The number of hydrogen-bond donors (Lipinski definition) is 1. The van der Waals surface area contributed by atoms with Crippen LogP contribution in [0.5, 0.6) is 5.75 Å². The molecule has 172 valence electrons. The van der Waals surface area contributed by atoms with E-state index in [1.165, 1.54) is 42.7 Å². The maximum atomic E-state index is 13.7. The Bertz CT molecular complexity index is 915. The van der Waals surface area contributed by atoms with Gasteiger partial charge in [0.25, 0.3) is 0 Å². The molecule has 32 heavy (non-hydrogen) atoms. The molecule has 6 nitrogen and oxygen atoms in total. The molecule has 9 heteroatoms. The van der Waals surface area contributed by atoms with Gasteiger partial charge >= 0.3 is 12.1 Å². The van der Waals surface area contributed by atoms with Gasteiger partial charge in [-0.1, -0.05) is 31.4 Å². The SMILES string of the molecule is CCOc1ccccc1N(C(=O)C(F)(F)F)[C@H](C(=O)NC1CCCCC1)c1ccncc1. The molecule has 1 fully saturated rings. The Morgan fingerprint density at radius 2 is 1.78 bits per heavy atom. The molecule has 1 aromatic carbocycles. The molecule has 1 N–H and O–H groups in total. The number of anilines is 1. The van der Waals surface area contributed by atoms with Crippen molar-refractivity contribution < 1.29 is 27.5 Å². The van der Waals surface area contributed by atoms with E-state index >= 15 is 0 Å². The van der Waals surface area contributed by atoms with Gasteiger partial charge in [-0.15, -0.1) is 0 Å². The highest BCUT2D eigenvalue weighted by atomic mass is 19.4. The lowest BCUT2D eigenvalue weighted by Crippen LogP contribution is -2.50. The summed E-state index contributed by atoms with van der Waals surface area (Å²) in [6.07, 6.45) is 1.97. The number of carbonyl (C=O) groups is 2. The minimum Gasteiger partial charge on any atom is -0.492 e. The number of nitrogens with one attached hydrogen (secondary N) is 1. The van der Waals surface area contributed by atoms with Crippen molar-refractivity contribution in [3.63, 3.8) is 0 Å². The largest absolute Gasteiger partial charge is 0.492 e. The van der Waals surface area contributed by atoms with Crippen molar-refractivity contribution in [1.29, 1.82) is 0 Å². The summed E-state index contributed by atoms with van der Waals surface area (Å²) in [7, 11) is 0. The third-order valence-corrected chi connectivity index (χ3v) is 5.37. The van der Waals surface area contributed by atoms with Crippen LogP contribution in [-0.2, 0) is 9.59 Å². The highest BCUT2D eigenvalue weighted by Gasteiger charge is 2.48. The van der Waals surface area contributed by atoms with Crippen LogP contribution in [0.15, 0.2) is 48.8 Å². The standard InChI is InChI=1S/C23H26F3N3O3/c1-2-32-19-11-7-6-10-18(19)29(22(31)23(24,25)26)20(16-12-14-27-15-13-16)21(30)28-17-8-4-3-5-9-17/h6-7,10-15,17,20H,2-5,8-9H2,1H3,(H,28,30)/t20-/m0/s1. The average Bonchev–Trinajstić information content (AvgIpc) is 2.78. The second-order valence-corrected chi connectivity index (χ2v) is 7.60. The fourth-order valence-corrected chi connectivity index (χ4v) is 3.93. The van der Waals surface area contributed by atoms with Crippen LogP contribution in [-0.4, -0.2) is 35.6 Å². The lowest BCUT2D eigenvalue weighted by molar-refractivity contribution is -0.171. The van der Waals surface area contributed by atoms with Gasteiger partial charge in [-0.3, -0.25) is 19.5 Å². The van der Waals surface area contributed by atoms with Crippen LogP contribution in [0.4, 0.5) is 18.9 Å². The Hall–Kier alpha value is -3.10. The van der Waals surface area contributed by atoms with Gasteiger partial charge in [0.2, 0.25) is 5.91 Å². The molecule has 1 aliphatic carbocycles. The monoisotopic (exact) mass is 449 g/mol. The van der Waals surface area contributed by atoms with Crippen LogP contribution in [0.2, 0.25) is 0 Å². The molecule has 0 aliphatic heterocycles. The zero-order valence-electron chi connectivity index (χ0n) is 17.8. The number of ether oxygens (including phenoxy) is 1. The third kappa shape index (κ3) is 5.57. The number of rotatable bonds is 7. The van der Waals surface area contributed by atoms with Crippen LogP contribution in [0.1, 0.15) is 50.6 Å². The molecule has 0 bridgehead atoms. The van der Waals surface area contributed by atoms with Crippen LogP contribution >= 0.6 is 0 Å². The summed E-state index contributed by atoms with van der Waals surface area (Å²) < 4.78 is 46.7. The highest BCUT2D eigenvalue weighted by Crippen LogP contribution is 2.38. The zero-order valence-corrected chi connectivity index (χ0v) is 17.8. The first-order chi connectivity index (χ1) is 15.3. The van der Waals surface area contributed by atoms with Crippen LogP contribution < -0.4 is 15.0 Å². The molecule has 0 saturated heterocycles. The Morgan fingerprint density at radius 3 is 2.41 bits per heavy atom. The number of pyridine rings is 1. The van der Waals surface area contributed by atoms with E-state index < -0.39 is 24.0 Å². The maximum absolute atomic E-state index is 13.7. The minimum absolute atomic E-state index is 0.0807. The summed E-state index contributed by atoms with van der Waals surface area (Å²) in [5, 5.41) is 2.86. The molecule has 1 aromatic heterocycles. The molecule has 0 unspecified atom stereocenters. The van der Waals surface area contributed by atoms with Crippen molar-refractivity contribution in [2.75, 3.05) is 11.5 Å². The molecule has 2 amide bonds. The molecule has 1 aliphatic rings. The molecule has 3 rings (SSSR count). The van der Waals surface area contributed by atoms with Crippen molar-refractivity contribution in [2.45, 2.75) is 57.3 Å². The lowest BCUT2D eigenvalue weighted by atomic mass is 9.94. The number of hydrogen-bond acceptors (Lipinski definition) is 4. The predicted octanol–water partition coefficient (Wildman–Crippen LogP) is 4.57. The zero-order chi connectivity index (χ0) is 23.1. The molecule has 0 radical (unpaired) electrons. The first kappa shape index (κ1) is 23.6. The van der Waals surface area contributed by atoms with Crippen molar-refractivity contribution in [3.05, 3.63) is 54.4 Å². The van der Waals surface area contributed by atoms with Gasteiger partial charge in [-0.2, -0.15) is 13.2 Å². The number of para-hydroxylation sites is 2. The number of amides is 2. The van der Waals surface area contributed by atoms with E-state index in [0.29, 0.717) is 4.90 Å². The quantitative estimate of drug-likeness (QED) is 0.673. The first-order valence-corrected chi connectivity index (χ1v) is 10.7. The van der Waals surface area contributed by atoms with Gasteiger partial charge < -0.3 is 10.1 Å². The second kappa shape index (κ2) is 10.5. The topological polar surface area (TPSA) is 71.5 Å². The molecular weight excluding hydrogens is 423 g/mol. The summed E-state index contributed by atoms with van der Waals surface area (Å²) in [6.45, 7) is 1.86. The van der Waals surface area contributed by atoms with E-state index in [4.69, 9.17) is 4.74 Å². The van der Waals surface area contributed by atoms with Gasteiger partial charge in [0, 0.05) is 18.4 Å². The van der Waals surface area contributed by atoms with E-state index in [-0.39, 0.29) is 29.6 Å². The molecule has 1 heterocycles. The number of alkyl halides is 3. The number of carbonyl (C=O) groups excluding carboxylic acids is 2. The smallest absolute Gasteiger partial charge is 0.471 e. The van der Waals surface area contributed by atoms with Crippen molar-refractivity contribution in [3.8, 4) is 5.75 Å². The summed E-state index contributed by atoms with van der Waals surface area (Å²) in [5.74, 6) is -2.74. The lowest BCUT2D eigenvalue weighted by Gasteiger charge is -2.34. The van der Waals surface area contributed by atoms with E-state index in [1.807, 2.05) is 0 Å². The number of benzene rings is 1. The Labute approximate surface area is 184 Å². The number of aromatic nitrogens is 1. The molecule has 1 atom stereocenters. The van der Waals surface area contributed by atoms with Crippen molar-refractivity contribution in [2.24, 2.45) is 0 Å². The summed E-state index contributed by atoms with van der Waals surface area (Å²) >= 11 is 0. The van der Waals surface area contributed by atoms with Crippen LogP contribution in [0.25, 0.3) is 0 Å². The van der Waals surface area contributed by atoms with Crippen molar-refractivity contribution in [1.82, 2.24) is 10.3 Å². The summed E-state index contributed by atoms with van der Waals surface area (Å²) in [5.41, 5.74) is 0.0921. The average molecular weight is 449 g/mol. The molecule has 1 saturated carbocycles. The van der Waals surface area contributed by atoms with E-state index in [2.05, 4.69) is 10.3 Å². The van der Waals surface area contributed by atoms with Crippen molar-refractivity contribution >= 4 is 17.5 Å². The maximum Gasteiger partial charge on any atom is 0.471 e.